The Morgan fingerprint density at radius 1 is 1.42 bits per heavy atom. The lowest BCUT2D eigenvalue weighted by molar-refractivity contribution is -0.116. The summed E-state index contributed by atoms with van der Waals surface area (Å²) in [5, 5.41) is 10.7. The number of hydrogen-bond acceptors (Lipinski definition) is 5. The predicted octanol–water partition coefficient (Wildman–Crippen LogP) is 2.42. The molecule has 7 heteroatoms. The molecule has 1 fully saturated rings. The fourth-order valence-electron chi connectivity index (χ4n) is 3.29. The summed E-state index contributed by atoms with van der Waals surface area (Å²) in [5.41, 5.74) is 1.08. The van der Waals surface area contributed by atoms with E-state index in [1.54, 1.807) is 11.8 Å². The number of piperidine rings is 1. The molecule has 1 aliphatic rings. The largest absolute Gasteiger partial charge is 0.497 e. The molecule has 1 aromatic carbocycles. The van der Waals surface area contributed by atoms with E-state index in [9.17, 15) is 4.79 Å². The average Bonchev–Trinajstić information content (AvgIpc) is 3.03. The van der Waals surface area contributed by atoms with Gasteiger partial charge in [0.2, 0.25) is 11.9 Å². The molecular formula is C19H27N5O2. The number of nitrogens with one attached hydrogen (secondary N) is 2. The first-order valence-electron chi connectivity index (χ1n) is 9.12. The topological polar surface area (TPSA) is 81.1 Å². The smallest absolute Gasteiger partial charge is 0.227 e. The van der Waals surface area contributed by atoms with E-state index in [0.29, 0.717) is 18.3 Å². The number of hydrogen-bond donors (Lipinski definition) is 2. The molecule has 2 aromatic rings. The van der Waals surface area contributed by atoms with Crippen LogP contribution in [0.1, 0.15) is 49.4 Å². The van der Waals surface area contributed by atoms with Gasteiger partial charge < -0.3 is 10.1 Å². The van der Waals surface area contributed by atoms with Gasteiger partial charge in [0.05, 0.1) is 7.11 Å². The molecule has 140 valence electrons. The van der Waals surface area contributed by atoms with Gasteiger partial charge in [-0.1, -0.05) is 19.1 Å². The van der Waals surface area contributed by atoms with Crippen molar-refractivity contribution in [1.29, 1.82) is 0 Å². The lowest BCUT2D eigenvalue weighted by Gasteiger charge is -2.19. The highest BCUT2D eigenvalue weighted by Crippen LogP contribution is 2.25. The van der Waals surface area contributed by atoms with Gasteiger partial charge in [-0.15, -0.1) is 0 Å². The van der Waals surface area contributed by atoms with Crippen LogP contribution in [-0.2, 0) is 11.8 Å². The molecule has 0 radical (unpaired) electrons. The summed E-state index contributed by atoms with van der Waals surface area (Å²) in [6, 6.07) is 7.82. The number of aryl methyl sites for hydroxylation is 1. The van der Waals surface area contributed by atoms with Crippen molar-refractivity contribution in [1.82, 2.24) is 20.1 Å². The van der Waals surface area contributed by atoms with Gasteiger partial charge in [-0.25, -0.2) is 4.68 Å². The Morgan fingerprint density at radius 2 is 2.19 bits per heavy atom. The van der Waals surface area contributed by atoms with Gasteiger partial charge in [0.25, 0.3) is 0 Å². The lowest BCUT2D eigenvalue weighted by atomic mass is 9.97. The number of carbonyl (C=O) groups is 1. The number of rotatable bonds is 6. The molecule has 1 aromatic heterocycles. The monoisotopic (exact) mass is 357 g/mol. The highest BCUT2D eigenvalue weighted by Gasteiger charge is 2.21. The number of nitrogens with zero attached hydrogens (tertiary/aromatic N) is 3. The van der Waals surface area contributed by atoms with E-state index >= 15 is 0 Å². The lowest BCUT2D eigenvalue weighted by Crippen LogP contribution is -2.27. The number of amides is 1. The van der Waals surface area contributed by atoms with Crippen molar-refractivity contribution in [3.63, 3.8) is 0 Å². The Morgan fingerprint density at radius 3 is 2.92 bits per heavy atom. The molecule has 26 heavy (non-hydrogen) atoms. The summed E-state index contributed by atoms with van der Waals surface area (Å²) < 4.78 is 6.91. The molecule has 1 saturated heterocycles. The van der Waals surface area contributed by atoms with E-state index in [0.717, 1.165) is 43.1 Å². The Bertz CT molecular complexity index is 752. The summed E-state index contributed by atoms with van der Waals surface area (Å²) >= 11 is 0. The highest BCUT2D eigenvalue weighted by molar-refractivity contribution is 5.89. The van der Waals surface area contributed by atoms with Crippen LogP contribution in [0, 0.1) is 0 Å². The van der Waals surface area contributed by atoms with E-state index < -0.39 is 0 Å². The van der Waals surface area contributed by atoms with Crippen molar-refractivity contribution in [2.45, 2.75) is 38.0 Å². The quantitative estimate of drug-likeness (QED) is 0.830. The van der Waals surface area contributed by atoms with E-state index in [1.807, 2.05) is 38.2 Å². The minimum absolute atomic E-state index is 0.0623. The fraction of sp³-hybridized carbons (Fsp3) is 0.526. The molecule has 0 spiro atoms. The zero-order chi connectivity index (χ0) is 18.5. The van der Waals surface area contributed by atoms with Crippen LogP contribution in [0.2, 0.25) is 0 Å². The Balaban J connectivity index is 1.61. The molecule has 1 unspecified atom stereocenters. The molecule has 0 bridgehead atoms. The molecule has 3 rings (SSSR count). The van der Waals surface area contributed by atoms with Gasteiger partial charge in [0, 0.05) is 19.4 Å². The Kier molecular flexibility index (Phi) is 5.88. The zero-order valence-corrected chi connectivity index (χ0v) is 15.7. The zero-order valence-electron chi connectivity index (χ0n) is 15.7. The standard InChI is InChI=1S/C19H27N5O2/c1-13(15-5-4-6-16(12-15)26-3)11-17(25)21-19-22-18(23-24(19)2)14-7-9-20-10-8-14/h4-6,12-14,20H,7-11H2,1-3H3,(H,21,22,23,25). The number of carbonyl (C=O) groups excluding carboxylic acids is 1. The van der Waals surface area contributed by atoms with Gasteiger partial charge in [-0.05, 0) is 49.5 Å². The number of aromatic nitrogens is 3. The van der Waals surface area contributed by atoms with Crippen molar-refractivity contribution in [3.8, 4) is 5.75 Å². The molecule has 2 heterocycles. The van der Waals surface area contributed by atoms with Crippen molar-refractivity contribution in [2.75, 3.05) is 25.5 Å². The summed E-state index contributed by atoms with van der Waals surface area (Å²) in [4.78, 5) is 17.0. The van der Waals surface area contributed by atoms with Crippen LogP contribution in [-0.4, -0.2) is 40.9 Å². The van der Waals surface area contributed by atoms with Crippen LogP contribution >= 0.6 is 0 Å². The summed E-state index contributed by atoms with van der Waals surface area (Å²) in [5.74, 6) is 2.53. The summed E-state index contributed by atoms with van der Waals surface area (Å²) in [6.07, 6.45) is 2.44. The molecule has 1 atom stereocenters. The maximum Gasteiger partial charge on any atom is 0.227 e. The van der Waals surface area contributed by atoms with E-state index in [-0.39, 0.29) is 11.8 Å². The average molecular weight is 357 g/mol. The second-order valence-corrected chi connectivity index (χ2v) is 6.87. The minimum Gasteiger partial charge on any atom is -0.497 e. The van der Waals surface area contributed by atoms with Crippen molar-refractivity contribution in [2.24, 2.45) is 7.05 Å². The molecule has 2 N–H and O–H groups in total. The number of benzene rings is 1. The van der Waals surface area contributed by atoms with Gasteiger partial charge in [-0.2, -0.15) is 10.1 Å². The van der Waals surface area contributed by atoms with Crippen LogP contribution in [0.4, 0.5) is 5.95 Å². The molecule has 0 aliphatic carbocycles. The van der Waals surface area contributed by atoms with Gasteiger partial charge in [0.15, 0.2) is 5.82 Å². The number of methoxy groups -OCH3 is 1. The predicted molar refractivity (Wildman–Crippen MR) is 101 cm³/mol. The maximum absolute atomic E-state index is 12.5. The normalized spacial score (nSPS) is 16.3. The Hall–Kier alpha value is -2.41. The third-order valence-corrected chi connectivity index (χ3v) is 4.89. The van der Waals surface area contributed by atoms with Crippen LogP contribution < -0.4 is 15.4 Å². The summed E-state index contributed by atoms with van der Waals surface area (Å²) in [7, 11) is 3.46. The van der Waals surface area contributed by atoms with E-state index in [2.05, 4.69) is 20.7 Å². The minimum atomic E-state index is -0.0623. The summed E-state index contributed by atoms with van der Waals surface area (Å²) in [6.45, 7) is 4.01. The van der Waals surface area contributed by atoms with Crippen LogP contribution in [0.15, 0.2) is 24.3 Å². The first kappa shape index (κ1) is 18.4. The highest BCUT2D eigenvalue weighted by atomic mass is 16.5. The van der Waals surface area contributed by atoms with Gasteiger partial charge >= 0.3 is 0 Å². The van der Waals surface area contributed by atoms with Crippen LogP contribution in [0.3, 0.4) is 0 Å². The van der Waals surface area contributed by atoms with Crippen LogP contribution in [0.5, 0.6) is 5.75 Å². The number of anilines is 1. The maximum atomic E-state index is 12.5. The SMILES string of the molecule is COc1cccc(C(C)CC(=O)Nc2nc(C3CCNCC3)nn2C)c1. The molecule has 1 aliphatic heterocycles. The second-order valence-electron chi connectivity index (χ2n) is 6.87. The molecule has 0 saturated carbocycles. The Labute approximate surface area is 154 Å². The first-order chi connectivity index (χ1) is 12.6. The molecular weight excluding hydrogens is 330 g/mol. The van der Waals surface area contributed by atoms with E-state index in [1.165, 1.54) is 0 Å². The van der Waals surface area contributed by atoms with Gasteiger partial charge in [-0.3, -0.25) is 10.1 Å². The van der Waals surface area contributed by atoms with Crippen molar-refractivity contribution < 1.29 is 9.53 Å². The molecule has 1 amide bonds. The van der Waals surface area contributed by atoms with E-state index in [4.69, 9.17) is 4.74 Å². The second kappa shape index (κ2) is 8.31. The third-order valence-electron chi connectivity index (χ3n) is 4.89. The fourth-order valence-corrected chi connectivity index (χ4v) is 3.29. The van der Waals surface area contributed by atoms with Gasteiger partial charge in [0.1, 0.15) is 5.75 Å². The van der Waals surface area contributed by atoms with Crippen LogP contribution in [0.25, 0.3) is 0 Å². The van der Waals surface area contributed by atoms with Crippen molar-refractivity contribution in [3.05, 3.63) is 35.7 Å². The van der Waals surface area contributed by atoms with Crippen molar-refractivity contribution >= 4 is 11.9 Å². The number of ether oxygens (including phenoxy) is 1. The molecule has 7 nitrogen and oxygen atoms in total. The third kappa shape index (κ3) is 4.40. The first-order valence-corrected chi connectivity index (χ1v) is 9.12.